The largest absolute Gasteiger partial charge is 0.858 e. The summed E-state index contributed by atoms with van der Waals surface area (Å²) in [6.07, 6.45) is 0. The molecule has 3 aromatic rings. The summed E-state index contributed by atoms with van der Waals surface area (Å²) in [6.45, 7) is 3.68. The van der Waals surface area contributed by atoms with Gasteiger partial charge in [0.1, 0.15) is 0 Å². The molecule has 24 heavy (non-hydrogen) atoms. The van der Waals surface area contributed by atoms with Crippen molar-refractivity contribution in [1.29, 1.82) is 5.39 Å². The van der Waals surface area contributed by atoms with Crippen LogP contribution in [0.4, 0.5) is 11.5 Å². The summed E-state index contributed by atoms with van der Waals surface area (Å²) in [4.78, 5) is 7.38. The van der Waals surface area contributed by atoms with E-state index in [1.807, 2.05) is 37.3 Å². The van der Waals surface area contributed by atoms with Crippen LogP contribution < -0.4 is 5.11 Å². The fourth-order valence-electron chi connectivity index (χ4n) is 2.33. The monoisotopic (exact) mass is 317 g/mol. The Kier molecular flexibility index (Phi) is 4.08. The van der Waals surface area contributed by atoms with Crippen molar-refractivity contribution in [3.63, 3.8) is 0 Å². The summed E-state index contributed by atoms with van der Waals surface area (Å²) in [7, 11) is 0. The zero-order valence-electron chi connectivity index (χ0n) is 13.3. The molecule has 0 bridgehead atoms. The summed E-state index contributed by atoms with van der Waals surface area (Å²) >= 11 is 0. The lowest BCUT2D eigenvalue weighted by Gasteiger charge is -2.10. The first-order valence-corrected chi connectivity index (χ1v) is 7.43. The molecule has 0 saturated carbocycles. The first-order chi connectivity index (χ1) is 11.6. The number of diazo groups is 1. The van der Waals surface area contributed by atoms with E-state index in [4.69, 9.17) is 0 Å². The molecule has 0 aliphatic rings. The van der Waals surface area contributed by atoms with Crippen molar-refractivity contribution in [2.24, 2.45) is 4.99 Å². The van der Waals surface area contributed by atoms with Crippen molar-refractivity contribution in [2.75, 3.05) is 0 Å². The fourth-order valence-corrected chi connectivity index (χ4v) is 2.33. The number of aliphatic imine (C=N–C) groups is 1. The van der Waals surface area contributed by atoms with Gasteiger partial charge < -0.3 is 5.11 Å². The Morgan fingerprint density at radius 1 is 1.08 bits per heavy atom. The molecule has 0 aliphatic carbocycles. The highest BCUT2D eigenvalue weighted by atomic mass is 16.3. The van der Waals surface area contributed by atoms with E-state index in [2.05, 4.69) is 15.1 Å². The number of benzene rings is 2. The summed E-state index contributed by atoms with van der Waals surface area (Å²) in [5.74, 6) is -0.221. The Bertz CT molecular complexity index is 934. The molecule has 0 amide bonds. The van der Waals surface area contributed by atoms with E-state index >= 15 is 0 Å². The zero-order chi connectivity index (χ0) is 17.1. The predicted octanol–water partition coefficient (Wildman–Crippen LogP) is 3.41. The van der Waals surface area contributed by atoms with Crippen LogP contribution in [0.25, 0.3) is 10.7 Å². The Balaban J connectivity index is 2.16. The van der Waals surface area contributed by atoms with Crippen LogP contribution in [0.15, 0.2) is 59.6 Å². The lowest BCUT2D eigenvalue weighted by atomic mass is 10.2. The maximum atomic E-state index is 12.4. The number of nitrogens with zero attached hydrogens (tertiary/aromatic N) is 5. The third-order valence-corrected chi connectivity index (χ3v) is 3.61. The van der Waals surface area contributed by atoms with Crippen molar-refractivity contribution >= 4 is 17.4 Å². The second-order valence-electron chi connectivity index (χ2n) is 5.39. The second kappa shape index (κ2) is 6.34. The summed E-state index contributed by atoms with van der Waals surface area (Å²) in [5, 5.41) is 26.0. The molecule has 0 saturated heterocycles. The van der Waals surface area contributed by atoms with Crippen molar-refractivity contribution in [1.82, 2.24) is 9.78 Å². The van der Waals surface area contributed by atoms with Crippen LogP contribution in [0.5, 0.6) is 0 Å². The van der Waals surface area contributed by atoms with Crippen molar-refractivity contribution in [3.05, 3.63) is 76.4 Å². The fraction of sp³-hybridized carbons (Fsp3) is 0.111. The van der Waals surface area contributed by atoms with E-state index in [-0.39, 0.29) is 11.5 Å². The molecule has 0 N–H and O–H groups in total. The first kappa shape index (κ1) is 15.4. The van der Waals surface area contributed by atoms with Crippen LogP contribution in [0.3, 0.4) is 0 Å². The average molecular weight is 317 g/mol. The van der Waals surface area contributed by atoms with Crippen LogP contribution in [-0.2, 0) is 0 Å². The summed E-state index contributed by atoms with van der Waals surface area (Å²) in [6, 6.07) is 16.3. The minimum absolute atomic E-state index is 0.180. The molecule has 1 aromatic heterocycles. The number of rotatable bonds is 3. The molecule has 3 rings (SSSR count). The van der Waals surface area contributed by atoms with Gasteiger partial charge in [-0.2, -0.15) is 5.10 Å². The van der Waals surface area contributed by atoms with Gasteiger partial charge >= 0.3 is 5.69 Å². The normalized spacial score (nSPS) is 11.3. The molecular formula is C18H15N5O. The van der Waals surface area contributed by atoms with E-state index in [0.717, 1.165) is 11.3 Å². The molecule has 6 heteroatoms. The second-order valence-corrected chi connectivity index (χ2v) is 5.39. The minimum atomic E-state index is -0.422. The highest BCUT2D eigenvalue weighted by Crippen LogP contribution is 2.34. The maximum Gasteiger partial charge on any atom is 0.451 e. The van der Waals surface area contributed by atoms with Gasteiger partial charge in [-0.25, -0.2) is 9.67 Å². The van der Waals surface area contributed by atoms with Gasteiger partial charge in [0.05, 0.1) is 5.69 Å². The third kappa shape index (κ3) is 2.88. The van der Waals surface area contributed by atoms with Crippen LogP contribution in [0.2, 0.25) is 0 Å². The van der Waals surface area contributed by atoms with Gasteiger partial charge in [0, 0.05) is 0 Å². The average Bonchev–Trinajstić information content (AvgIpc) is 2.91. The maximum absolute atomic E-state index is 12.4. The van der Waals surface area contributed by atoms with Crippen LogP contribution in [0, 0.1) is 19.2 Å². The molecule has 0 fully saturated rings. The first-order valence-electron chi connectivity index (χ1n) is 7.43. The molecule has 1 heterocycles. The van der Waals surface area contributed by atoms with E-state index in [1.165, 1.54) is 4.68 Å². The SMILES string of the molecule is Cc1ccc(-n2nc(C)c([N+]#N)c2N=C([O-])c2ccccc2)cc1. The van der Waals surface area contributed by atoms with Crippen LogP contribution >= 0.6 is 0 Å². The molecule has 6 nitrogen and oxygen atoms in total. The van der Waals surface area contributed by atoms with Crippen molar-refractivity contribution < 1.29 is 5.11 Å². The molecular weight excluding hydrogens is 302 g/mol. The third-order valence-electron chi connectivity index (χ3n) is 3.61. The van der Waals surface area contributed by atoms with Crippen molar-refractivity contribution in [3.8, 4) is 5.69 Å². The minimum Gasteiger partial charge on any atom is -0.858 e. The van der Waals surface area contributed by atoms with E-state index in [1.54, 1.807) is 31.2 Å². The Labute approximate surface area is 139 Å². The summed E-state index contributed by atoms with van der Waals surface area (Å²) < 4.78 is 1.50. The van der Waals surface area contributed by atoms with Gasteiger partial charge in [-0.15, -0.1) is 0 Å². The lowest BCUT2D eigenvalue weighted by Crippen LogP contribution is -2.18. The summed E-state index contributed by atoms with van der Waals surface area (Å²) in [5.41, 5.74) is 2.96. The van der Waals surface area contributed by atoms with Gasteiger partial charge in [0.15, 0.2) is 10.7 Å². The van der Waals surface area contributed by atoms with E-state index in [9.17, 15) is 10.5 Å². The van der Waals surface area contributed by atoms with Gasteiger partial charge in [-0.3, -0.25) is 0 Å². The van der Waals surface area contributed by atoms with Gasteiger partial charge in [-0.05, 0) is 37.4 Å². The molecule has 0 radical (unpaired) electrons. The standard InChI is InChI=1S/C18H15N5O/c1-12-8-10-15(11-9-12)23-17(16(21-19)13(2)22-23)20-18(24)14-6-4-3-5-7-14/h3-11H,1-2H3. The quantitative estimate of drug-likeness (QED) is 0.421. The Morgan fingerprint density at radius 3 is 2.38 bits per heavy atom. The predicted molar refractivity (Wildman–Crippen MR) is 90.4 cm³/mol. The molecule has 0 spiro atoms. The number of hydrogen-bond acceptors (Lipinski definition) is 4. The topological polar surface area (TPSA) is 81.4 Å². The molecule has 118 valence electrons. The number of aromatic nitrogens is 2. The Morgan fingerprint density at radius 2 is 1.75 bits per heavy atom. The molecule has 2 aromatic carbocycles. The highest BCUT2D eigenvalue weighted by molar-refractivity contribution is 5.93. The van der Waals surface area contributed by atoms with Gasteiger partial charge in [-0.1, -0.05) is 48.0 Å². The van der Waals surface area contributed by atoms with Crippen LogP contribution in [0.1, 0.15) is 16.8 Å². The number of aryl methyl sites for hydroxylation is 2. The zero-order valence-corrected chi connectivity index (χ0v) is 13.3. The van der Waals surface area contributed by atoms with E-state index < -0.39 is 5.90 Å². The molecule has 0 aliphatic heterocycles. The van der Waals surface area contributed by atoms with Crippen LogP contribution in [-0.4, -0.2) is 15.7 Å². The molecule has 0 unspecified atom stereocenters. The lowest BCUT2D eigenvalue weighted by molar-refractivity contribution is -0.212. The van der Waals surface area contributed by atoms with E-state index in [0.29, 0.717) is 11.3 Å². The van der Waals surface area contributed by atoms with Gasteiger partial charge in [0.2, 0.25) is 5.39 Å². The highest BCUT2D eigenvalue weighted by Gasteiger charge is 2.26. The number of hydrogen-bond donors (Lipinski definition) is 0. The Hall–Kier alpha value is -3.46. The van der Waals surface area contributed by atoms with Crippen molar-refractivity contribution in [2.45, 2.75) is 13.8 Å². The smallest absolute Gasteiger partial charge is 0.451 e. The van der Waals surface area contributed by atoms with Gasteiger partial charge in [0.25, 0.3) is 5.82 Å². The molecule has 0 atom stereocenters.